The first-order valence-electron chi connectivity index (χ1n) is 10.9. The van der Waals surface area contributed by atoms with Crippen molar-refractivity contribution in [1.29, 1.82) is 0 Å². The van der Waals surface area contributed by atoms with Gasteiger partial charge in [0.2, 0.25) is 11.8 Å². The van der Waals surface area contributed by atoms with Gasteiger partial charge in [0.05, 0.1) is 5.69 Å². The van der Waals surface area contributed by atoms with Gasteiger partial charge in [0.25, 0.3) is 5.91 Å². The number of hydrogen-bond donors (Lipinski definition) is 3. The van der Waals surface area contributed by atoms with Crippen molar-refractivity contribution in [3.63, 3.8) is 0 Å². The molecule has 2 saturated carbocycles. The quantitative estimate of drug-likeness (QED) is 0.611. The van der Waals surface area contributed by atoms with Crippen LogP contribution in [0.3, 0.4) is 0 Å². The van der Waals surface area contributed by atoms with Crippen molar-refractivity contribution in [1.82, 2.24) is 15.5 Å². The van der Waals surface area contributed by atoms with Gasteiger partial charge in [-0.05, 0) is 63.1 Å². The van der Waals surface area contributed by atoms with Crippen LogP contribution < -0.4 is 10.6 Å². The molecule has 1 aromatic carbocycles. The summed E-state index contributed by atoms with van der Waals surface area (Å²) in [4.78, 5) is 25.3. The molecule has 9 heteroatoms. The zero-order chi connectivity index (χ0) is 23.1. The van der Waals surface area contributed by atoms with Gasteiger partial charge in [-0.25, -0.2) is 13.2 Å². The maximum absolute atomic E-state index is 14.2. The Bertz CT molecular complexity index is 985. The zero-order valence-electron chi connectivity index (χ0n) is 18.1. The lowest BCUT2D eigenvalue weighted by molar-refractivity contribution is -0.133. The van der Waals surface area contributed by atoms with Crippen LogP contribution in [-0.2, 0) is 9.59 Å². The van der Waals surface area contributed by atoms with E-state index in [2.05, 4.69) is 20.8 Å². The van der Waals surface area contributed by atoms with Crippen molar-refractivity contribution in [2.24, 2.45) is 5.92 Å². The van der Waals surface area contributed by atoms with Crippen molar-refractivity contribution in [3.05, 3.63) is 35.7 Å². The van der Waals surface area contributed by atoms with Crippen molar-refractivity contribution in [2.75, 3.05) is 5.32 Å². The number of nitrogens with zero attached hydrogens (tertiary/aromatic N) is 1. The molecule has 2 amide bonds. The molecule has 2 fully saturated rings. The minimum Gasteiger partial charge on any atom is -0.341 e. The van der Waals surface area contributed by atoms with Gasteiger partial charge < -0.3 is 10.6 Å². The monoisotopic (exact) mass is 448 g/mol. The normalized spacial score (nSPS) is 20.4. The highest BCUT2D eigenvalue weighted by Crippen LogP contribution is 2.41. The van der Waals surface area contributed by atoms with Crippen LogP contribution in [0, 0.1) is 19.8 Å². The summed E-state index contributed by atoms with van der Waals surface area (Å²) in [6.45, 7) is 3.82. The number of benzene rings is 1. The van der Waals surface area contributed by atoms with E-state index in [9.17, 15) is 22.8 Å². The van der Waals surface area contributed by atoms with E-state index in [0.29, 0.717) is 5.69 Å². The summed E-state index contributed by atoms with van der Waals surface area (Å²) in [5.74, 6) is -4.60. The van der Waals surface area contributed by atoms with E-state index in [1.807, 2.05) is 26.0 Å². The van der Waals surface area contributed by atoms with E-state index in [4.69, 9.17) is 0 Å². The van der Waals surface area contributed by atoms with E-state index in [-0.39, 0.29) is 38.5 Å². The van der Waals surface area contributed by atoms with Crippen LogP contribution in [0.5, 0.6) is 0 Å². The number of H-pyrrole nitrogens is 1. The minimum atomic E-state index is -2.77. The second-order valence-electron chi connectivity index (χ2n) is 8.99. The fourth-order valence-corrected chi connectivity index (χ4v) is 4.32. The molecule has 172 valence electrons. The molecule has 1 aromatic heterocycles. The van der Waals surface area contributed by atoms with Crippen LogP contribution in [0.2, 0.25) is 0 Å². The Morgan fingerprint density at radius 1 is 1.06 bits per heavy atom. The van der Waals surface area contributed by atoms with Crippen LogP contribution in [-0.4, -0.2) is 39.6 Å². The standard InChI is InChI=1S/C23H27F3N4O2/c1-13-18(14(2)30-29-13)15-3-5-17(6-4-15)27-20(31)19(28-21(32)22(24)11-12-22)16-7-9-23(25,26)10-8-16/h3-6,16,19H,7-12H2,1-2H3,(H,27,31)(H,28,32)(H,29,30)/t19-/m0/s1. The number of aryl methyl sites for hydroxylation is 2. The summed E-state index contributed by atoms with van der Waals surface area (Å²) in [6.07, 6.45) is -0.300. The molecule has 32 heavy (non-hydrogen) atoms. The summed E-state index contributed by atoms with van der Waals surface area (Å²) in [7, 11) is 0. The molecule has 0 bridgehead atoms. The number of rotatable bonds is 6. The Morgan fingerprint density at radius 3 is 2.22 bits per heavy atom. The number of nitrogens with one attached hydrogen (secondary N) is 3. The Hall–Kier alpha value is -2.84. The molecule has 3 N–H and O–H groups in total. The lowest BCUT2D eigenvalue weighted by Gasteiger charge is -2.33. The molecule has 0 spiro atoms. The average Bonchev–Trinajstić information content (AvgIpc) is 3.42. The maximum Gasteiger partial charge on any atom is 0.258 e. The van der Waals surface area contributed by atoms with Crippen LogP contribution in [0.25, 0.3) is 11.1 Å². The second kappa shape index (κ2) is 8.26. The van der Waals surface area contributed by atoms with Gasteiger partial charge in [-0.15, -0.1) is 0 Å². The highest BCUT2D eigenvalue weighted by Gasteiger charge is 2.52. The Balaban J connectivity index is 1.48. The third-order valence-corrected chi connectivity index (χ3v) is 6.47. The summed E-state index contributed by atoms with van der Waals surface area (Å²) < 4.78 is 41.4. The van der Waals surface area contributed by atoms with Crippen molar-refractivity contribution < 1.29 is 22.8 Å². The first-order valence-corrected chi connectivity index (χ1v) is 10.9. The van der Waals surface area contributed by atoms with Crippen molar-refractivity contribution >= 4 is 17.5 Å². The van der Waals surface area contributed by atoms with Crippen LogP contribution in [0.15, 0.2) is 24.3 Å². The predicted molar refractivity (Wildman–Crippen MR) is 114 cm³/mol. The van der Waals surface area contributed by atoms with Gasteiger partial charge in [-0.1, -0.05) is 12.1 Å². The van der Waals surface area contributed by atoms with E-state index in [0.717, 1.165) is 22.5 Å². The second-order valence-corrected chi connectivity index (χ2v) is 8.99. The van der Waals surface area contributed by atoms with E-state index in [1.165, 1.54) is 0 Å². The lowest BCUT2D eigenvalue weighted by Crippen LogP contribution is -2.52. The Morgan fingerprint density at radius 2 is 1.69 bits per heavy atom. The molecule has 0 unspecified atom stereocenters. The van der Waals surface area contributed by atoms with Crippen molar-refractivity contribution in [2.45, 2.75) is 70.0 Å². The third-order valence-electron chi connectivity index (χ3n) is 6.47. The van der Waals surface area contributed by atoms with E-state index < -0.39 is 35.4 Å². The summed E-state index contributed by atoms with van der Waals surface area (Å²) in [5, 5.41) is 12.4. The molecule has 0 saturated heterocycles. The first-order chi connectivity index (χ1) is 15.1. The fraction of sp³-hybridized carbons (Fsp3) is 0.522. The number of aromatic nitrogens is 2. The summed E-state index contributed by atoms with van der Waals surface area (Å²) in [6, 6.07) is 6.07. The molecule has 0 aliphatic heterocycles. The molecule has 1 heterocycles. The van der Waals surface area contributed by atoms with Crippen LogP contribution >= 0.6 is 0 Å². The number of alkyl halides is 3. The first kappa shape index (κ1) is 22.4. The van der Waals surface area contributed by atoms with Gasteiger partial charge >= 0.3 is 0 Å². The molecule has 4 rings (SSSR count). The Kier molecular flexibility index (Phi) is 5.77. The number of amides is 2. The molecule has 6 nitrogen and oxygen atoms in total. The van der Waals surface area contributed by atoms with E-state index in [1.54, 1.807) is 12.1 Å². The maximum atomic E-state index is 14.2. The minimum absolute atomic E-state index is 0.0859. The largest absolute Gasteiger partial charge is 0.341 e. The van der Waals surface area contributed by atoms with Crippen LogP contribution in [0.1, 0.15) is 49.9 Å². The number of anilines is 1. The third kappa shape index (κ3) is 4.66. The summed E-state index contributed by atoms with van der Waals surface area (Å²) >= 11 is 0. The number of carbonyl (C=O) groups excluding carboxylic acids is 2. The van der Waals surface area contributed by atoms with Gasteiger partial charge in [0.1, 0.15) is 6.04 Å². The molecule has 2 aliphatic carbocycles. The zero-order valence-corrected chi connectivity index (χ0v) is 18.1. The predicted octanol–water partition coefficient (Wildman–Crippen LogP) is 4.44. The topological polar surface area (TPSA) is 86.9 Å². The molecule has 2 aliphatic rings. The SMILES string of the molecule is Cc1n[nH]c(C)c1-c1ccc(NC(=O)[C@@H](NC(=O)C2(F)CC2)C2CCC(F)(F)CC2)cc1. The smallest absolute Gasteiger partial charge is 0.258 e. The number of aromatic amines is 1. The number of hydrogen-bond acceptors (Lipinski definition) is 3. The van der Waals surface area contributed by atoms with Crippen LogP contribution in [0.4, 0.5) is 18.9 Å². The molecule has 0 radical (unpaired) electrons. The summed E-state index contributed by atoms with van der Waals surface area (Å²) in [5.41, 5.74) is 2.25. The lowest BCUT2D eigenvalue weighted by atomic mass is 9.81. The van der Waals surface area contributed by atoms with Gasteiger partial charge in [0.15, 0.2) is 5.67 Å². The number of halogens is 3. The van der Waals surface area contributed by atoms with Crippen molar-refractivity contribution in [3.8, 4) is 11.1 Å². The van der Waals surface area contributed by atoms with Gasteiger partial charge in [-0.3, -0.25) is 14.7 Å². The van der Waals surface area contributed by atoms with E-state index >= 15 is 0 Å². The molecular formula is C23H27F3N4O2. The average molecular weight is 448 g/mol. The van der Waals surface area contributed by atoms with Gasteiger partial charge in [0, 0.05) is 29.8 Å². The highest BCUT2D eigenvalue weighted by molar-refractivity contribution is 5.99. The fourth-order valence-electron chi connectivity index (χ4n) is 4.32. The Labute approximate surface area is 184 Å². The highest BCUT2D eigenvalue weighted by atomic mass is 19.3. The molecule has 1 atom stereocenters. The molecular weight excluding hydrogens is 421 g/mol. The van der Waals surface area contributed by atoms with Gasteiger partial charge in [-0.2, -0.15) is 5.10 Å². The molecule has 2 aromatic rings. The number of carbonyl (C=O) groups is 2.